The maximum Gasteiger partial charge on any atom is 0.243 e. The molecule has 0 fully saturated rings. The van der Waals surface area contributed by atoms with E-state index < -0.39 is 10.0 Å². The van der Waals surface area contributed by atoms with Gasteiger partial charge in [0, 0.05) is 11.8 Å². The molecule has 1 atom stereocenters. The average Bonchev–Trinajstić information content (AvgIpc) is 2.17. The zero-order valence-electron chi connectivity index (χ0n) is 9.04. The smallest absolute Gasteiger partial charge is 0.243 e. The highest BCUT2D eigenvalue weighted by molar-refractivity contribution is 7.98. The third-order valence-electron chi connectivity index (χ3n) is 1.73. The quantitative estimate of drug-likeness (QED) is 0.780. The van der Waals surface area contributed by atoms with E-state index in [1.54, 1.807) is 18.7 Å². The van der Waals surface area contributed by atoms with Gasteiger partial charge in [-0.05, 0) is 13.2 Å². The van der Waals surface area contributed by atoms with Crippen LogP contribution in [0.15, 0.2) is 17.3 Å². The van der Waals surface area contributed by atoms with Crippen molar-refractivity contribution in [2.24, 2.45) is 0 Å². The molecule has 0 spiro atoms. The Hall–Kier alpha value is -0.860. The lowest BCUT2D eigenvalue weighted by molar-refractivity contribution is 0.570. The lowest BCUT2D eigenvalue weighted by Gasteiger charge is -2.12. The van der Waals surface area contributed by atoms with E-state index in [4.69, 9.17) is 5.73 Å². The molecule has 0 bridgehead atoms. The molecule has 1 rings (SSSR count). The molecule has 1 aromatic rings. The van der Waals surface area contributed by atoms with Gasteiger partial charge in [0.15, 0.2) is 0 Å². The van der Waals surface area contributed by atoms with Crippen molar-refractivity contribution in [2.45, 2.75) is 17.9 Å². The van der Waals surface area contributed by atoms with Crippen LogP contribution in [0.5, 0.6) is 0 Å². The Labute approximate surface area is 99.1 Å². The normalized spacial score (nSPS) is 13.6. The Kier molecular flexibility index (Phi) is 4.51. The Morgan fingerprint density at radius 3 is 2.56 bits per heavy atom. The summed E-state index contributed by atoms with van der Waals surface area (Å²) < 4.78 is 26.1. The lowest BCUT2D eigenvalue weighted by Crippen LogP contribution is -2.34. The molecule has 0 saturated heterocycles. The summed E-state index contributed by atoms with van der Waals surface area (Å²) in [4.78, 5) is 7.30. The summed E-state index contributed by atoms with van der Waals surface area (Å²) in [5, 5.41) is 0. The Bertz CT molecular complexity index is 432. The maximum absolute atomic E-state index is 11.8. The Morgan fingerprint density at radius 1 is 1.50 bits per heavy atom. The van der Waals surface area contributed by atoms with Crippen LogP contribution in [-0.2, 0) is 10.0 Å². The highest BCUT2D eigenvalue weighted by atomic mass is 32.2. The zero-order valence-corrected chi connectivity index (χ0v) is 10.7. The average molecular weight is 262 g/mol. The van der Waals surface area contributed by atoms with Gasteiger partial charge >= 0.3 is 0 Å². The van der Waals surface area contributed by atoms with Crippen molar-refractivity contribution in [1.29, 1.82) is 0 Å². The van der Waals surface area contributed by atoms with Crippen molar-refractivity contribution in [1.82, 2.24) is 14.7 Å². The summed E-state index contributed by atoms with van der Waals surface area (Å²) in [7, 11) is -3.54. The third-order valence-corrected chi connectivity index (χ3v) is 4.11. The van der Waals surface area contributed by atoms with Gasteiger partial charge in [0.25, 0.3) is 0 Å². The highest BCUT2D eigenvalue weighted by Crippen LogP contribution is 2.08. The van der Waals surface area contributed by atoms with Crippen LogP contribution in [0, 0.1) is 0 Å². The number of aromatic nitrogens is 2. The maximum atomic E-state index is 11.8. The van der Waals surface area contributed by atoms with Crippen molar-refractivity contribution >= 4 is 27.7 Å². The van der Waals surface area contributed by atoms with Crippen molar-refractivity contribution in [3.8, 4) is 0 Å². The number of hydrogen-bond donors (Lipinski definition) is 2. The minimum absolute atomic E-state index is 0.0228. The fourth-order valence-corrected chi connectivity index (χ4v) is 2.90. The van der Waals surface area contributed by atoms with Gasteiger partial charge in [-0.1, -0.05) is 0 Å². The first-order valence-corrected chi connectivity index (χ1v) is 7.42. The molecule has 16 heavy (non-hydrogen) atoms. The van der Waals surface area contributed by atoms with E-state index in [0.717, 1.165) is 0 Å². The molecule has 3 N–H and O–H groups in total. The van der Waals surface area contributed by atoms with Crippen LogP contribution in [0.3, 0.4) is 0 Å². The summed E-state index contributed by atoms with van der Waals surface area (Å²) >= 11 is 1.57. The molecule has 8 heteroatoms. The number of thioether (sulfide) groups is 1. The first-order chi connectivity index (χ1) is 7.45. The molecule has 1 unspecified atom stereocenters. The molecule has 1 aromatic heterocycles. The third kappa shape index (κ3) is 3.62. The van der Waals surface area contributed by atoms with Crippen LogP contribution in [0.2, 0.25) is 0 Å². The summed E-state index contributed by atoms with van der Waals surface area (Å²) in [6.45, 7) is 1.80. The zero-order chi connectivity index (χ0) is 12.2. The summed E-state index contributed by atoms with van der Waals surface area (Å²) in [5.74, 6) is 0.755. The van der Waals surface area contributed by atoms with Crippen LogP contribution in [0.25, 0.3) is 0 Å². The van der Waals surface area contributed by atoms with E-state index in [0.29, 0.717) is 5.75 Å². The van der Waals surface area contributed by atoms with Gasteiger partial charge in [-0.2, -0.15) is 11.8 Å². The number of nitrogen functional groups attached to an aromatic ring is 1. The van der Waals surface area contributed by atoms with Gasteiger partial charge in [-0.15, -0.1) is 0 Å². The predicted octanol–water partition coefficient (Wildman–Crippen LogP) is 0.0886. The van der Waals surface area contributed by atoms with E-state index in [1.165, 1.54) is 12.4 Å². The molecule has 0 aliphatic heterocycles. The summed E-state index contributed by atoms with van der Waals surface area (Å²) in [6.07, 6.45) is 4.30. The fraction of sp³-hybridized carbons (Fsp3) is 0.500. The molecule has 0 amide bonds. The Balaban J connectivity index is 2.82. The van der Waals surface area contributed by atoms with Gasteiger partial charge < -0.3 is 5.73 Å². The molecular weight excluding hydrogens is 248 g/mol. The van der Waals surface area contributed by atoms with E-state index in [2.05, 4.69) is 14.7 Å². The largest absolute Gasteiger partial charge is 0.368 e. The summed E-state index contributed by atoms with van der Waals surface area (Å²) in [6, 6.07) is -0.141. The van der Waals surface area contributed by atoms with Crippen molar-refractivity contribution in [3.63, 3.8) is 0 Å². The molecule has 0 radical (unpaired) electrons. The minimum Gasteiger partial charge on any atom is -0.368 e. The van der Waals surface area contributed by atoms with E-state index >= 15 is 0 Å². The molecule has 6 nitrogen and oxygen atoms in total. The van der Waals surface area contributed by atoms with Crippen LogP contribution in [0.4, 0.5) is 5.95 Å². The second-order valence-corrected chi connectivity index (χ2v) is 5.88. The van der Waals surface area contributed by atoms with Crippen molar-refractivity contribution in [3.05, 3.63) is 12.4 Å². The first-order valence-electron chi connectivity index (χ1n) is 4.54. The first kappa shape index (κ1) is 13.2. The number of sulfonamides is 1. The number of nitrogens with zero attached hydrogens (tertiary/aromatic N) is 2. The van der Waals surface area contributed by atoms with Crippen LogP contribution >= 0.6 is 11.8 Å². The molecule has 0 saturated carbocycles. The Morgan fingerprint density at radius 2 is 2.06 bits per heavy atom. The van der Waals surface area contributed by atoms with E-state index in [-0.39, 0.29) is 16.9 Å². The van der Waals surface area contributed by atoms with Crippen LogP contribution in [-0.4, -0.2) is 36.4 Å². The topological polar surface area (TPSA) is 98.0 Å². The molecule has 90 valence electrons. The van der Waals surface area contributed by atoms with Gasteiger partial charge in [-0.3, -0.25) is 0 Å². The highest BCUT2D eigenvalue weighted by Gasteiger charge is 2.17. The van der Waals surface area contributed by atoms with E-state index in [9.17, 15) is 8.42 Å². The fourth-order valence-electron chi connectivity index (χ4n) is 1.08. The van der Waals surface area contributed by atoms with Gasteiger partial charge in [0.1, 0.15) is 4.90 Å². The van der Waals surface area contributed by atoms with Gasteiger partial charge in [-0.25, -0.2) is 23.1 Å². The standard InChI is InChI=1S/C8H14N4O2S2/c1-6(5-15-2)12-16(13,14)7-3-10-8(9)11-4-7/h3-4,6,12H,5H2,1-2H3,(H2,9,10,11). The van der Waals surface area contributed by atoms with Crippen molar-refractivity contribution < 1.29 is 8.42 Å². The molecule has 0 aromatic carbocycles. The molecule has 0 aliphatic carbocycles. The number of hydrogen-bond acceptors (Lipinski definition) is 6. The molecule has 0 aliphatic rings. The van der Waals surface area contributed by atoms with Gasteiger partial charge in [0.05, 0.1) is 12.4 Å². The van der Waals surface area contributed by atoms with Gasteiger partial charge in [0.2, 0.25) is 16.0 Å². The molecular formula is C8H14N4O2S2. The second kappa shape index (κ2) is 5.46. The van der Waals surface area contributed by atoms with Crippen LogP contribution in [0.1, 0.15) is 6.92 Å². The summed E-state index contributed by atoms with van der Waals surface area (Å²) in [5.41, 5.74) is 5.28. The number of nitrogens with two attached hydrogens (primary N) is 1. The molecule has 1 heterocycles. The second-order valence-electron chi connectivity index (χ2n) is 3.25. The van der Waals surface area contributed by atoms with Crippen LogP contribution < -0.4 is 10.5 Å². The number of rotatable bonds is 5. The SMILES string of the molecule is CSCC(C)NS(=O)(=O)c1cnc(N)nc1. The van der Waals surface area contributed by atoms with Crippen molar-refractivity contribution in [2.75, 3.05) is 17.7 Å². The minimum atomic E-state index is -3.54. The monoisotopic (exact) mass is 262 g/mol. The lowest BCUT2D eigenvalue weighted by atomic mass is 10.4. The van der Waals surface area contributed by atoms with E-state index in [1.807, 2.05) is 6.26 Å². The number of nitrogens with one attached hydrogen (secondary N) is 1. The predicted molar refractivity (Wildman–Crippen MR) is 64.6 cm³/mol. The number of anilines is 1.